The van der Waals surface area contributed by atoms with Gasteiger partial charge < -0.3 is 9.64 Å². The first-order valence-corrected chi connectivity index (χ1v) is 11.2. The van der Waals surface area contributed by atoms with E-state index in [1.54, 1.807) is 0 Å². The van der Waals surface area contributed by atoms with Gasteiger partial charge in [0.25, 0.3) is 0 Å². The molecule has 4 heteroatoms. The Morgan fingerprint density at radius 3 is 2.00 bits per heavy atom. The van der Waals surface area contributed by atoms with Crippen molar-refractivity contribution in [1.82, 2.24) is 9.80 Å². The third-order valence-electron chi connectivity index (χ3n) is 7.50. The summed E-state index contributed by atoms with van der Waals surface area (Å²) in [7, 11) is 0. The zero-order chi connectivity index (χ0) is 17.6. The molecule has 0 aromatic carbocycles. The highest BCUT2D eigenvalue weighted by atomic mass is 35.5. The van der Waals surface area contributed by atoms with Crippen LogP contribution in [0.15, 0.2) is 0 Å². The average molecular weight is 387 g/mol. The lowest BCUT2D eigenvalue weighted by atomic mass is 9.60. The monoisotopic (exact) mass is 386 g/mol. The van der Waals surface area contributed by atoms with E-state index in [0.29, 0.717) is 10.8 Å². The van der Waals surface area contributed by atoms with Crippen molar-refractivity contribution >= 4 is 12.4 Å². The summed E-state index contributed by atoms with van der Waals surface area (Å²) in [5.74, 6) is 0. The number of ether oxygens (including phenoxy) is 1. The maximum atomic E-state index is 5.45. The fourth-order valence-corrected chi connectivity index (χ4v) is 5.97. The summed E-state index contributed by atoms with van der Waals surface area (Å²) in [6, 6.07) is 0. The second-order valence-electron chi connectivity index (χ2n) is 9.33. The molecule has 2 heterocycles. The van der Waals surface area contributed by atoms with E-state index in [9.17, 15) is 0 Å². The Labute approximate surface area is 168 Å². The van der Waals surface area contributed by atoms with Crippen molar-refractivity contribution in [3.05, 3.63) is 0 Å². The van der Waals surface area contributed by atoms with Crippen molar-refractivity contribution in [2.45, 2.75) is 78.1 Å². The number of halogens is 1. The largest absolute Gasteiger partial charge is 0.379 e. The summed E-state index contributed by atoms with van der Waals surface area (Å²) < 4.78 is 5.45. The Bertz CT molecular complexity index is 382. The van der Waals surface area contributed by atoms with Gasteiger partial charge in [0.15, 0.2) is 0 Å². The van der Waals surface area contributed by atoms with Crippen LogP contribution in [0.25, 0.3) is 0 Å². The molecule has 3 rings (SSSR count). The molecule has 0 N–H and O–H groups in total. The fraction of sp³-hybridized carbons (Fsp3) is 1.00. The van der Waals surface area contributed by atoms with Crippen LogP contribution in [0, 0.1) is 10.8 Å². The molecule has 0 amide bonds. The van der Waals surface area contributed by atoms with E-state index in [2.05, 4.69) is 23.6 Å². The zero-order valence-corrected chi connectivity index (χ0v) is 18.3. The van der Waals surface area contributed by atoms with Crippen LogP contribution in [-0.2, 0) is 4.74 Å². The topological polar surface area (TPSA) is 15.7 Å². The highest BCUT2D eigenvalue weighted by Crippen LogP contribution is 2.53. The number of nitrogens with zero attached hydrogens (tertiary/aromatic N) is 2. The third-order valence-corrected chi connectivity index (χ3v) is 7.50. The van der Waals surface area contributed by atoms with Gasteiger partial charge >= 0.3 is 0 Å². The van der Waals surface area contributed by atoms with Crippen molar-refractivity contribution < 1.29 is 4.74 Å². The van der Waals surface area contributed by atoms with Gasteiger partial charge in [0.1, 0.15) is 0 Å². The van der Waals surface area contributed by atoms with Crippen LogP contribution in [0.2, 0.25) is 0 Å². The summed E-state index contributed by atoms with van der Waals surface area (Å²) in [5.41, 5.74) is 1.39. The van der Waals surface area contributed by atoms with E-state index in [-0.39, 0.29) is 12.4 Å². The van der Waals surface area contributed by atoms with Gasteiger partial charge in [0, 0.05) is 19.6 Å². The number of hydrogen-bond donors (Lipinski definition) is 0. The Hall–Kier alpha value is 0.170. The summed E-state index contributed by atoms with van der Waals surface area (Å²) >= 11 is 0. The number of morpholine rings is 1. The normalized spacial score (nSPS) is 26.1. The Morgan fingerprint density at radius 1 is 0.769 bits per heavy atom. The van der Waals surface area contributed by atoms with Crippen molar-refractivity contribution in [3.8, 4) is 0 Å². The predicted octanol–water partition coefficient (Wildman–Crippen LogP) is 4.98. The Morgan fingerprint density at radius 2 is 1.38 bits per heavy atom. The van der Waals surface area contributed by atoms with Gasteiger partial charge in [-0.2, -0.15) is 0 Å². The van der Waals surface area contributed by atoms with E-state index in [1.807, 2.05) is 0 Å². The maximum absolute atomic E-state index is 5.45. The highest BCUT2D eigenvalue weighted by molar-refractivity contribution is 5.85. The van der Waals surface area contributed by atoms with E-state index in [1.165, 1.54) is 90.4 Å². The van der Waals surface area contributed by atoms with Gasteiger partial charge in [-0.25, -0.2) is 0 Å². The molecule has 1 aliphatic carbocycles. The molecule has 0 aromatic rings. The molecule has 2 saturated heterocycles. The molecule has 154 valence electrons. The molecule has 0 radical (unpaired) electrons. The number of likely N-dealkylation sites (tertiary alicyclic amines) is 1. The minimum Gasteiger partial charge on any atom is -0.379 e. The lowest BCUT2D eigenvalue weighted by molar-refractivity contribution is 0.0357. The summed E-state index contributed by atoms with van der Waals surface area (Å²) in [6.45, 7) is 14.2. The van der Waals surface area contributed by atoms with Gasteiger partial charge in [0.05, 0.1) is 13.2 Å². The van der Waals surface area contributed by atoms with Crippen molar-refractivity contribution in [2.75, 3.05) is 52.5 Å². The van der Waals surface area contributed by atoms with Crippen molar-refractivity contribution in [1.29, 1.82) is 0 Å². The van der Waals surface area contributed by atoms with Gasteiger partial charge in [-0.1, -0.05) is 26.7 Å². The van der Waals surface area contributed by atoms with Crippen LogP contribution >= 0.6 is 12.4 Å². The fourth-order valence-electron chi connectivity index (χ4n) is 5.97. The van der Waals surface area contributed by atoms with Crippen LogP contribution < -0.4 is 0 Å². The molecule has 1 spiro atoms. The average Bonchev–Trinajstić information content (AvgIpc) is 3.03. The van der Waals surface area contributed by atoms with Gasteiger partial charge in [-0.3, -0.25) is 4.90 Å². The van der Waals surface area contributed by atoms with Crippen LogP contribution in [-0.4, -0.2) is 62.3 Å². The number of rotatable bonds is 8. The van der Waals surface area contributed by atoms with Gasteiger partial charge in [0.2, 0.25) is 0 Å². The summed E-state index contributed by atoms with van der Waals surface area (Å²) in [4.78, 5) is 5.37. The molecule has 0 unspecified atom stereocenters. The third kappa shape index (κ3) is 5.83. The second kappa shape index (κ2) is 10.6. The van der Waals surface area contributed by atoms with Crippen LogP contribution in [0.4, 0.5) is 0 Å². The van der Waals surface area contributed by atoms with E-state index < -0.39 is 0 Å². The smallest absolute Gasteiger partial charge is 0.0594 e. The van der Waals surface area contributed by atoms with Gasteiger partial charge in [-0.05, 0) is 81.8 Å². The maximum Gasteiger partial charge on any atom is 0.0594 e. The van der Waals surface area contributed by atoms with Gasteiger partial charge in [-0.15, -0.1) is 12.4 Å². The van der Waals surface area contributed by atoms with Crippen molar-refractivity contribution in [2.24, 2.45) is 10.8 Å². The highest BCUT2D eigenvalue weighted by Gasteiger charge is 2.44. The van der Waals surface area contributed by atoms with E-state index in [0.717, 1.165) is 26.3 Å². The zero-order valence-electron chi connectivity index (χ0n) is 17.4. The first kappa shape index (κ1) is 22.5. The molecule has 2 aliphatic heterocycles. The lowest BCUT2D eigenvalue weighted by Crippen LogP contribution is -2.39. The Kier molecular flexibility index (Phi) is 9.19. The summed E-state index contributed by atoms with van der Waals surface area (Å²) in [5, 5.41) is 0. The first-order chi connectivity index (χ1) is 12.2. The molecule has 1 saturated carbocycles. The molecule has 0 bridgehead atoms. The Balaban J connectivity index is 0.00000243. The van der Waals surface area contributed by atoms with Crippen LogP contribution in [0.1, 0.15) is 78.1 Å². The molecule has 3 aliphatic rings. The summed E-state index contributed by atoms with van der Waals surface area (Å²) in [6.07, 6.45) is 14.5. The molecule has 3 fully saturated rings. The van der Waals surface area contributed by atoms with E-state index in [4.69, 9.17) is 4.74 Å². The van der Waals surface area contributed by atoms with Crippen molar-refractivity contribution in [3.63, 3.8) is 0 Å². The SMILES string of the molecule is CCCC1(CCC)CCC2(CCN(CCCN3CCOCC3)C2)CC1.Cl. The minimum absolute atomic E-state index is 0. The molecule has 26 heavy (non-hydrogen) atoms. The van der Waals surface area contributed by atoms with Crippen LogP contribution in [0.3, 0.4) is 0 Å². The standard InChI is InChI=1S/C22H42N2O.ClH/c1-3-6-21(7-4-2)8-10-22(11-9-21)12-15-24(20-22)14-5-13-23-16-18-25-19-17-23;/h3-20H2,1-2H3;1H. The molecular formula is C22H43ClN2O. The predicted molar refractivity (Wildman–Crippen MR) is 113 cm³/mol. The molecule has 3 nitrogen and oxygen atoms in total. The molecule has 0 aromatic heterocycles. The second-order valence-corrected chi connectivity index (χ2v) is 9.33. The minimum atomic E-state index is 0. The van der Waals surface area contributed by atoms with E-state index >= 15 is 0 Å². The van der Waals surface area contributed by atoms with Crippen LogP contribution in [0.5, 0.6) is 0 Å². The first-order valence-electron chi connectivity index (χ1n) is 11.2. The number of hydrogen-bond acceptors (Lipinski definition) is 3. The lowest BCUT2D eigenvalue weighted by Gasteiger charge is -2.45. The quantitative estimate of drug-likeness (QED) is 0.584. The molecular weight excluding hydrogens is 344 g/mol. The molecule has 0 atom stereocenters.